The van der Waals surface area contributed by atoms with Crippen molar-refractivity contribution in [2.45, 2.75) is 19.1 Å². The molecule has 1 aliphatic heterocycles. The second kappa shape index (κ2) is 11.0. The highest BCUT2D eigenvalue weighted by atomic mass is 35.5. The number of nitrogens with zero attached hydrogens (tertiary/aromatic N) is 5. The van der Waals surface area contributed by atoms with Crippen LogP contribution in [0.15, 0.2) is 60.8 Å². The Labute approximate surface area is 226 Å². The molecule has 4 aromatic rings. The first-order chi connectivity index (χ1) is 18.3. The molecule has 2 aromatic heterocycles. The van der Waals surface area contributed by atoms with Gasteiger partial charge in [-0.25, -0.2) is 4.98 Å². The number of hydrogen-bond donors (Lipinski definition) is 1. The Kier molecular flexibility index (Phi) is 7.51. The van der Waals surface area contributed by atoms with Crippen LogP contribution in [0.2, 0.25) is 5.02 Å². The monoisotopic (exact) mass is 534 g/mol. The molecule has 9 nitrogen and oxygen atoms in total. The van der Waals surface area contributed by atoms with Gasteiger partial charge in [0.05, 0.1) is 29.8 Å². The Morgan fingerprint density at radius 2 is 1.92 bits per heavy atom. The second-order valence-electron chi connectivity index (χ2n) is 9.78. The molecule has 1 fully saturated rings. The number of pyridine rings is 1. The smallest absolute Gasteiger partial charge is 0.272 e. The number of imidazole rings is 1. The van der Waals surface area contributed by atoms with Gasteiger partial charge in [0.25, 0.3) is 5.91 Å². The summed E-state index contributed by atoms with van der Waals surface area (Å²) in [6.07, 6.45) is 1.56. The molecule has 0 bridgehead atoms. The molecule has 0 saturated carbocycles. The number of nitrogens with one attached hydrogen (secondary N) is 1. The number of morpholine rings is 1. The SMILES string of the molecule is C[C@@H]1CO[C@@H](CN(C)C)CN1C(=O)c1cc(Oc2ccc3c(c2)nc(Nc2ccc(Cl)cc2)n3C)ccn1. The van der Waals surface area contributed by atoms with Crippen LogP contribution in [0, 0.1) is 0 Å². The summed E-state index contributed by atoms with van der Waals surface area (Å²) in [6, 6.07) is 16.6. The van der Waals surface area contributed by atoms with E-state index in [1.54, 1.807) is 18.3 Å². The van der Waals surface area contributed by atoms with Crippen LogP contribution in [0.4, 0.5) is 11.6 Å². The summed E-state index contributed by atoms with van der Waals surface area (Å²) < 4.78 is 14.0. The van der Waals surface area contributed by atoms with Crippen molar-refractivity contribution in [2.24, 2.45) is 7.05 Å². The van der Waals surface area contributed by atoms with Crippen molar-refractivity contribution in [2.75, 3.05) is 39.1 Å². The molecule has 38 heavy (non-hydrogen) atoms. The molecule has 0 spiro atoms. The summed E-state index contributed by atoms with van der Waals surface area (Å²) in [5.74, 6) is 1.71. The predicted molar refractivity (Wildman–Crippen MR) is 149 cm³/mol. The van der Waals surface area contributed by atoms with Gasteiger partial charge in [-0.3, -0.25) is 9.78 Å². The van der Waals surface area contributed by atoms with Gasteiger partial charge in [-0.15, -0.1) is 0 Å². The largest absolute Gasteiger partial charge is 0.457 e. The van der Waals surface area contributed by atoms with Crippen LogP contribution in [0.5, 0.6) is 11.5 Å². The minimum atomic E-state index is -0.131. The summed E-state index contributed by atoms with van der Waals surface area (Å²) in [5, 5.41) is 3.99. The van der Waals surface area contributed by atoms with Crippen LogP contribution in [0.1, 0.15) is 17.4 Å². The standard InChI is InChI=1S/C28H31ClN6O3/c1-18-17-37-23(15-33(2)3)16-35(18)27(36)25-14-22(11-12-30-25)38-21-9-10-26-24(13-21)32-28(34(26)4)31-20-7-5-19(29)6-8-20/h5-14,18,23H,15-17H2,1-4H3,(H,31,32)/t18-,23+/m1/s1. The van der Waals surface area contributed by atoms with Crippen LogP contribution in [-0.2, 0) is 11.8 Å². The Hall–Kier alpha value is -3.66. The van der Waals surface area contributed by atoms with Gasteiger partial charge in [-0.1, -0.05) is 11.6 Å². The third-order valence-corrected chi connectivity index (χ3v) is 6.73. The quantitative estimate of drug-likeness (QED) is 0.359. The Morgan fingerprint density at radius 1 is 1.16 bits per heavy atom. The predicted octanol–water partition coefficient (Wildman–Crippen LogP) is 4.95. The van der Waals surface area contributed by atoms with Gasteiger partial charge in [-0.2, -0.15) is 0 Å². The summed E-state index contributed by atoms with van der Waals surface area (Å²) in [6.45, 7) is 3.76. The number of hydrogen-bond acceptors (Lipinski definition) is 7. The maximum absolute atomic E-state index is 13.3. The molecule has 5 rings (SSSR count). The number of ether oxygens (including phenoxy) is 2. The molecule has 0 unspecified atom stereocenters. The van der Waals surface area contributed by atoms with Crippen LogP contribution in [0.3, 0.4) is 0 Å². The molecule has 2 aromatic carbocycles. The summed E-state index contributed by atoms with van der Waals surface area (Å²) in [7, 11) is 5.94. The lowest BCUT2D eigenvalue weighted by atomic mass is 10.1. The molecule has 1 N–H and O–H groups in total. The van der Waals surface area contributed by atoms with E-state index in [1.807, 2.05) is 80.0 Å². The average molecular weight is 535 g/mol. The zero-order chi connectivity index (χ0) is 26.8. The Morgan fingerprint density at radius 3 is 2.68 bits per heavy atom. The van der Waals surface area contributed by atoms with Gasteiger partial charge in [-0.05, 0) is 63.5 Å². The van der Waals surface area contributed by atoms with Crippen LogP contribution in [0.25, 0.3) is 11.0 Å². The van der Waals surface area contributed by atoms with Crippen molar-refractivity contribution >= 4 is 40.2 Å². The molecule has 1 aliphatic rings. The summed E-state index contributed by atoms with van der Waals surface area (Å²) in [5.41, 5.74) is 2.96. The van der Waals surface area contributed by atoms with Gasteiger partial charge >= 0.3 is 0 Å². The minimum absolute atomic E-state index is 0.0328. The Bertz CT molecular complexity index is 1440. The van der Waals surface area contributed by atoms with Crippen LogP contribution >= 0.6 is 11.6 Å². The number of anilines is 2. The maximum Gasteiger partial charge on any atom is 0.272 e. The lowest BCUT2D eigenvalue weighted by molar-refractivity contribution is -0.0548. The number of halogens is 1. The second-order valence-corrected chi connectivity index (χ2v) is 10.2. The van der Waals surface area contributed by atoms with E-state index in [4.69, 9.17) is 26.1 Å². The lowest BCUT2D eigenvalue weighted by Crippen LogP contribution is -2.53. The number of amides is 1. The molecule has 198 valence electrons. The van der Waals surface area contributed by atoms with E-state index in [-0.39, 0.29) is 18.1 Å². The normalized spacial score (nSPS) is 17.7. The van der Waals surface area contributed by atoms with Gasteiger partial charge in [0, 0.05) is 49.2 Å². The van der Waals surface area contributed by atoms with Crippen molar-refractivity contribution in [1.29, 1.82) is 0 Å². The first-order valence-corrected chi connectivity index (χ1v) is 12.8. The first-order valence-electron chi connectivity index (χ1n) is 12.5. The number of fused-ring (bicyclic) bond motifs is 1. The number of benzene rings is 2. The molecule has 1 saturated heterocycles. The van der Waals surface area contributed by atoms with Gasteiger partial charge in [0.15, 0.2) is 0 Å². The number of carbonyl (C=O) groups excluding carboxylic acids is 1. The number of aryl methyl sites for hydroxylation is 1. The fraction of sp³-hybridized carbons (Fsp3) is 0.321. The molecule has 3 heterocycles. The van der Waals surface area contributed by atoms with Gasteiger partial charge in [0.1, 0.15) is 17.2 Å². The third kappa shape index (κ3) is 5.75. The van der Waals surface area contributed by atoms with Crippen molar-refractivity contribution in [3.8, 4) is 11.5 Å². The summed E-state index contributed by atoms with van der Waals surface area (Å²) >= 11 is 5.99. The molecular weight excluding hydrogens is 504 g/mol. The number of likely N-dealkylation sites (N-methyl/N-ethyl adjacent to an activating group) is 1. The minimum Gasteiger partial charge on any atom is -0.457 e. The van der Waals surface area contributed by atoms with E-state index in [2.05, 4.69) is 15.2 Å². The topological polar surface area (TPSA) is 84.8 Å². The molecular formula is C28H31ClN6O3. The van der Waals surface area contributed by atoms with E-state index >= 15 is 0 Å². The fourth-order valence-corrected chi connectivity index (χ4v) is 4.64. The highest BCUT2D eigenvalue weighted by Gasteiger charge is 2.31. The number of rotatable bonds is 7. The maximum atomic E-state index is 13.3. The zero-order valence-corrected chi connectivity index (χ0v) is 22.6. The van der Waals surface area contributed by atoms with Crippen molar-refractivity contribution < 1.29 is 14.3 Å². The number of carbonyl (C=O) groups is 1. The molecule has 0 radical (unpaired) electrons. The van der Waals surface area contributed by atoms with E-state index in [0.29, 0.717) is 41.3 Å². The number of aromatic nitrogens is 3. The zero-order valence-electron chi connectivity index (χ0n) is 21.9. The van der Waals surface area contributed by atoms with Crippen molar-refractivity contribution in [1.82, 2.24) is 24.3 Å². The highest BCUT2D eigenvalue weighted by Crippen LogP contribution is 2.29. The molecule has 2 atom stereocenters. The highest BCUT2D eigenvalue weighted by molar-refractivity contribution is 6.30. The average Bonchev–Trinajstić information content (AvgIpc) is 3.20. The molecule has 1 amide bonds. The summed E-state index contributed by atoms with van der Waals surface area (Å²) in [4.78, 5) is 26.3. The van der Waals surface area contributed by atoms with Crippen LogP contribution < -0.4 is 10.1 Å². The molecule has 0 aliphatic carbocycles. The fourth-order valence-electron chi connectivity index (χ4n) is 4.51. The van der Waals surface area contributed by atoms with Crippen LogP contribution in [-0.4, -0.2) is 76.2 Å². The van der Waals surface area contributed by atoms with E-state index < -0.39 is 0 Å². The van der Waals surface area contributed by atoms with Gasteiger partial charge in [0.2, 0.25) is 5.95 Å². The first kappa shape index (κ1) is 26.0. The Balaban J connectivity index is 1.32. The van der Waals surface area contributed by atoms with E-state index in [1.165, 1.54) is 0 Å². The lowest BCUT2D eigenvalue weighted by Gasteiger charge is -2.38. The molecule has 10 heteroatoms. The third-order valence-electron chi connectivity index (χ3n) is 6.47. The van der Waals surface area contributed by atoms with Crippen molar-refractivity contribution in [3.63, 3.8) is 0 Å². The van der Waals surface area contributed by atoms with Gasteiger partial charge < -0.3 is 29.2 Å². The van der Waals surface area contributed by atoms with Crippen molar-refractivity contribution in [3.05, 3.63) is 71.5 Å². The van der Waals surface area contributed by atoms with E-state index in [9.17, 15) is 4.79 Å². The van der Waals surface area contributed by atoms with E-state index in [0.717, 1.165) is 23.3 Å².